The molecular weight excluding hydrogens is 566 g/mol. The molecule has 4 atom stereocenters. The maximum atomic E-state index is 13.7. The van der Waals surface area contributed by atoms with E-state index in [1.165, 1.54) is 24.7 Å². The van der Waals surface area contributed by atoms with Gasteiger partial charge in [-0.3, -0.25) is 14.4 Å². The van der Waals surface area contributed by atoms with E-state index in [0.717, 1.165) is 16.5 Å². The van der Waals surface area contributed by atoms with Crippen molar-refractivity contribution in [1.29, 1.82) is 0 Å². The Bertz CT molecular complexity index is 1580. The number of aliphatic carboxylic acids is 1. The number of nitrogens with zero attached hydrogens (tertiary/aromatic N) is 1. The number of phenols is 1. The van der Waals surface area contributed by atoms with E-state index in [1.807, 2.05) is 24.3 Å². The van der Waals surface area contributed by atoms with Crippen molar-refractivity contribution in [3.05, 3.63) is 84.1 Å². The number of para-hydroxylation sites is 1. The maximum absolute atomic E-state index is 13.7. The molecule has 0 aliphatic carbocycles. The average Bonchev–Trinajstić information content (AvgIpc) is 3.66. The normalized spacial score (nSPS) is 14.0. The van der Waals surface area contributed by atoms with Crippen molar-refractivity contribution >= 4 is 34.6 Å². The van der Waals surface area contributed by atoms with Crippen LogP contribution >= 0.6 is 0 Å². The number of nitrogens with one attached hydrogen (secondary N) is 5. The number of aromatic nitrogens is 3. The average molecular weight is 604 g/mol. The van der Waals surface area contributed by atoms with Crippen molar-refractivity contribution in [3.63, 3.8) is 0 Å². The number of aromatic amines is 2. The summed E-state index contributed by atoms with van der Waals surface area (Å²) < 4.78 is 0. The molecule has 44 heavy (non-hydrogen) atoms. The first-order valence-corrected chi connectivity index (χ1v) is 14.2. The van der Waals surface area contributed by atoms with E-state index in [-0.39, 0.29) is 25.0 Å². The number of amides is 3. The first-order chi connectivity index (χ1) is 21.0. The van der Waals surface area contributed by atoms with Gasteiger partial charge in [0.25, 0.3) is 0 Å². The molecule has 0 aliphatic rings. The SMILES string of the molecule is CC(C)C(NC(=O)C(Cc1ccc(O)cc1)NC(=O)C(Cc1cnc[nH]1)NC(=O)C(N)Cc1c[nH]c2ccccc12)C(=O)O. The lowest BCUT2D eigenvalue weighted by molar-refractivity contribution is -0.143. The zero-order chi connectivity index (χ0) is 31.8. The van der Waals surface area contributed by atoms with Gasteiger partial charge in [-0.1, -0.05) is 44.2 Å². The molecule has 9 N–H and O–H groups in total. The molecule has 4 rings (SSSR count). The molecule has 4 unspecified atom stereocenters. The highest BCUT2D eigenvalue weighted by molar-refractivity contribution is 5.94. The number of fused-ring (bicyclic) bond motifs is 1. The minimum Gasteiger partial charge on any atom is -0.508 e. The molecule has 13 nitrogen and oxygen atoms in total. The van der Waals surface area contributed by atoms with Gasteiger partial charge in [0.15, 0.2) is 0 Å². The molecule has 3 amide bonds. The Labute approximate surface area is 253 Å². The molecular formula is C31H37N7O6. The van der Waals surface area contributed by atoms with E-state index in [4.69, 9.17) is 5.73 Å². The van der Waals surface area contributed by atoms with Crippen LogP contribution in [0.2, 0.25) is 0 Å². The van der Waals surface area contributed by atoms with Crippen LogP contribution in [0.3, 0.4) is 0 Å². The predicted molar refractivity (Wildman–Crippen MR) is 162 cm³/mol. The lowest BCUT2D eigenvalue weighted by Gasteiger charge is -2.26. The summed E-state index contributed by atoms with van der Waals surface area (Å²) in [6.45, 7) is 3.31. The van der Waals surface area contributed by atoms with Gasteiger partial charge in [0.2, 0.25) is 17.7 Å². The molecule has 232 valence electrons. The molecule has 0 spiro atoms. The second kappa shape index (κ2) is 14.3. The molecule has 0 radical (unpaired) electrons. The Balaban J connectivity index is 1.53. The Morgan fingerprint density at radius 1 is 0.864 bits per heavy atom. The number of carboxylic acid groups (broad SMARTS) is 1. The van der Waals surface area contributed by atoms with E-state index in [0.29, 0.717) is 11.3 Å². The van der Waals surface area contributed by atoms with Gasteiger partial charge in [0.1, 0.15) is 23.9 Å². The summed E-state index contributed by atoms with van der Waals surface area (Å²) in [6.07, 6.45) is 4.97. The molecule has 2 aromatic carbocycles. The topological polar surface area (TPSA) is 215 Å². The number of imidazole rings is 1. The van der Waals surface area contributed by atoms with Gasteiger partial charge in [0.05, 0.1) is 12.4 Å². The van der Waals surface area contributed by atoms with E-state index in [1.54, 1.807) is 32.2 Å². The Morgan fingerprint density at radius 3 is 2.18 bits per heavy atom. The van der Waals surface area contributed by atoms with E-state index in [2.05, 4.69) is 30.9 Å². The zero-order valence-corrected chi connectivity index (χ0v) is 24.4. The summed E-state index contributed by atoms with van der Waals surface area (Å²) in [4.78, 5) is 62.1. The fourth-order valence-electron chi connectivity index (χ4n) is 4.85. The van der Waals surface area contributed by atoms with Gasteiger partial charge in [0, 0.05) is 41.8 Å². The van der Waals surface area contributed by atoms with Gasteiger partial charge in [-0.15, -0.1) is 0 Å². The Hall–Kier alpha value is -5.17. The molecule has 4 aromatic rings. The van der Waals surface area contributed by atoms with Crippen LogP contribution in [0.25, 0.3) is 10.9 Å². The second-order valence-electron chi connectivity index (χ2n) is 11.0. The van der Waals surface area contributed by atoms with Crippen LogP contribution in [-0.4, -0.2) is 73.0 Å². The molecule has 0 bridgehead atoms. The molecule has 0 saturated carbocycles. The number of hydrogen-bond donors (Lipinski definition) is 8. The highest BCUT2D eigenvalue weighted by atomic mass is 16.4. The Kier molecular flexibility index (Phi) is 10.3. The minimum absolute atomic E-state index is 0.00686. The number of aromatic hydroxyl groups is 1. The zero-order valence-electron chi connectivity index (χ0n) is 24.4. The number of phenolic OH excluding ortho intramolecular Hbond substituents is 1. The largest absolute Gasteiger partial charge is 0.508 e. The third-order valence-electron chi connectivity index (χ3n) is 7.30. The van der Waals surface area contributed by atoms with Crippen molar-refractivity contribution in [1.82, 2.24) is 30.9 Å². The Morgan fingerprint density at radius 2 is 1.52 bits per heavy atom. The van der Waals surface area contributed by atoms with E-state index in [9.17, 15) is 29.4 Å². The summed E-state index contributed by atoms with van der Waals surface area (Å²) in [5.41, 5.74) is 9.20. The third-order valence-corrected chi connectivity index (χ3v) is 7.30. The fraction of sp³-hybridized carbons (Fsp3) is 0.323. The van der Waals surface area contributed by atoms with Crippen molar-refractivity contribution in [3.8, 4) is 5.75 Å². The summed E-state index contributed by atoms with van der Waals surface area (Å²) in [5.74, 6) is -3.57. The lowest BCUT2D eigenvalue weighted by atomic mass is 10.0. The van der Waals surface area contributed by atoms with Crippen LogP contribution in [0.5, 0.6) is 5.75 Å². The number of benzene rings is 2. The van der Waals surface area contributed by atoms with Crippen LogP contribution < -0.4 is 21.7 Å². The summed E-state index contributed by atoms with van der Waals surface area (Å²) in [5, 5.41) is 28.1. The van der Waals surface area contributed by atoms with Gasteiger partial charge < -0.3 is 41.9 Å². The molecule has 13 heteroatoms. The van der Waals surface area contributed by atoms with Crippen LogP contribution in [0.1, 0.15) is 30.7 Å². The number of carbonyl (C=O) groups excluding carboxylic acids is 3. The molecule has 0 fully saturated rings. The fourth-order valence-corrected chi connectivity index (χ4v) is 4.85. The van der Waals surface area contributed by atoms with Gasteiger partial charge >= 0.3 is 5.97 Å². The van der Waals surface area contributed by atoms with E-state index < -0.39 is 53.8 Å². The van der Waals surface area contributed by atoms with E-state index >= 15 is 0 Å². The second-order valence-corrected chi connectivity index (χ2v) is 11.0. The molecule has 2 aromatic heterocycles. The van der Waals surface area contributed by atoms with Gasteiger partial charge in [-0.25, -0.2) is 9.78 Å². The monoisotopic (exact) mass is 603 g/mol. The first kappa shape index (κ1) is 31.8. The number of H-pyrrole nitrogens is 2. The first-order valence-electron chi connectivity index (χ1n) is 14.2. The number of nitrogens with two attached hydrogens (primary N) is 1. The quantitative estimate of drug-likeness (QED) is 0.104. The molecule has 2 heterocycles. The van der Waals surface area contributed by atoms with Crippen molar-refractivity contribution in [2.75, 3.05) is 0 Å². The highest BCUT2D eigenvalue weighted by Crippen LogP contribution is 2.19. The van der Waals surface area contributed by atoms with Crippen molar-refractivity contribution in [2.24, 2.45) is 11.7 Å². The van der Waals surface area contributed by atoms with Crippen LogP contribution in [0, 0.1) is 5.92 Å². The molecule has 0 aliphatic heterocycles. The number of carboxylic acids is 1. The predicted octanol–water partition coefficient (Wildman–Crippen LogP) is 1.15. The van der Waals surface area contributed by atoms with Gasteiger partial charge in [-0.05, 0) is 41.7 Å². The number of hydrogen-bond acceptors (Lipinski definition) is 7. The van der Waals surface area contributed by atoms with Gasteiger partial charge in [-0.2, -0.15) is 0 Å². The van der Waals surface area contributed by atoms with Crippen LogP contribution in [0.15, 0.2) is 67.3 Å². The van der Waals surface area contributed by atoms with Crippen LogP contribution in [-0.2, 0) is 38.4 Å². The smallest absolute Gasteiger partial charge is 0.326 e. The van der Waals surface area contributed by atoms with Crippen LogP contribution in [0.4, 0.5) is 0 Å². The standard InChI is InChI=1S/C31H37N7O6/c1-17(2)27(31(43)44)38-30(42)25(11-18-7-9-21(39)10-8-18)37-29(41)26(13-20-15-33-16-35-20)36-28(40)23(32)12-19-14-34-24-6-4-3-5-22(19)24/h3-10,14-17,23,25-27,34,39H,11-13,32H2,1-2H3,(H,33,35)(H,36,40)(H,37,41)(H,38,42)(H,43,44). The van der Waals surface area contributed by atoms with Crippen molar-refractivity contribution in [2.45, 2.75) is 57.3 Å². The third kappa shape index (κ3) is 8.22. The number of carbonyl (C=O) groups is 4. The lowest BCUT2D eigenvalue weighted by Crippen LogP contribution is -2.58. The van der Waals surface area contributed by atoms with Crippen molar-refractivity contribution < 1.29 is 29.4 Å². The minimum atomic E-state index is -1.21. The summed E-state index contributed by atoms with van der Waals surface area (Å²) >= 11 is 0. The highest BCUT2D eigenvalue weighted by Gasteiger charge is 2.32. The number of rotatable bonds is 14. The maximum Gasteiger partial charge on any atom is 0.326 e. The molecule has 0 saturated heterocycles. The summed E-state index contributed by atoms with van der Waals surface area (Å²) in [7, 11) is 0. The summed E-state index contributed by atoms with van der Waals surface area (Å²) in [6, 6.07) is 9.17.